The lowest BCUT2D eigenvalue weighted by Gasteiger charge is -2.41. The number of fused-ring (bicyclic) bond motifs is 4. The smallest absolute Gasteiger partial charge is 0.334 e. The van der Waals surface area contributed by atoms with Crippen molar-refractivity contribution >= 4 is 5.97 Å². The fourth-order valence-electron chi connectivity index (χ4n) is 5.04. The predicted octanol–water partition coefficient (Wildman–Crippen LogP) is 3.89. The van der Waals surface area contributed by atoms with Gasteiger partial charge in [-0.1, -0.05) is 13.8 Å². The summed E-state index contributed by atoms with van der Waals surface area (Å²) in [6.07, 6.45) is 0.362. The number of ether oxygens (including phenoxy) is 6. The van der Waals surface area contributed by atoms with Gasteiger partial charge in [0.2, 0.25) is 12.5 Å². The van der Waals surface area contributed by atoms with Gasteiger partial charge < -0.3 is 28.4 Å². The minimum absolute atomic E-state index is 0.145. The molecule has 0 saturated heterocycles. The maximum absolute atomic E-state index is 12.6. The maximum Gasteiger partial charge on any atom is 0.334 e. The van der Waals surface area contributed by atoms with Crippen molar-refractivity contribution in [3.05, 3.63) is 39.9 Å². The lowest BCUT2D eigenvalue weighted by molar-refractivity contribution is -0.142. The quantitative estimate of drug-likeness (QED) is 0.498. The zero-order valence-electron chi connectivity index (χ0n) is 20.4. The molecule has 8 nitrogen and oxygen atoms in total. The summed E-state index contributed by atoms with van der Waals surface area (Å²) in [4.78, 5) is 14.8. The first-order valence-corrected chi connectivity index (χ1v) is 11.5. The summed E-state index contributed by atoms with van der Waals surface area (Å²) >= 11 is 0. The summed E-state index contributed by atoms with van der Waals surface area (Å²) in [5.41, 5.74) is 3.67. The van der Waals surface area contributed by atoms with Gasteiger partial charge in [-0.2, -0.15) is 0 Å². The Morgan fingerprint density at radius 2 is 1.88 bits per heavy atom. The molecule has 8 heteroatoms. The van der Waals surface area contributed by atoms with Gasteiger partial charge in [-0.25, -0.2) is 4.79 Å². The molecular weight excluding hydrogens is 426 g/mol. The molecule has 4 aliphatic heterocycles. The van der Waals surface area contributed by atoms with Crippen molar-refractivity contribution < 1.29 is 33.2 Å². The minimum atomic E-state index is -0.514. The molecule has 0 aromatic heterocycles. The van der Waals surface area contributed by atoms with Gasteiger partial charge >= 0.3 is 5.97 Å². The van der Waals surface area contributed by atoms with Crippen molar-refractivity contribution in [2.24, 2.45) is 0 Å². The molecule has 0 aliphatic carbocycles. The van der Waals surface area contributed by atoms with Crippen LogP contribution in [0.3, 0.4) is 0 Å². The molecule has 3 unspecified atom stereocenters. The van der Waals surface area contributed by atoms with Gasteiger partial charge in [0.05, 0.1) is 20.3 Å². The number of rotatable bonds is 3. The summed E-state index contributed by atoms with van der Waals surface area (Å²) < 4.78 is 35.3. The van der Waals surface area contributed by atoms with E-state index in [0.29, 0.717) is 40.8 Å². The van der Waals surface area contributed by atoms with E-state index in [2.05, 4.69) is 11.9 Å². The predicted molar refractivity (Wildman–Crippen MR) is 121 cm³/mol. The topological polar surface area (TPSA) is 75.7 Å². The highest BCUT2D eigenvalue weighted by molar-refractivity contribution is 5.92. The zero-order chi connectivity index (χ0) is 23.9. The van der Waals surface area contributed by atoms with Crippen LogP contribution >= 0.6 is 0 Å². The van der Waals surface area contributed by atoms with E-state index in [9.17, 15) is 4.79 Å². The highest BCUT2D eigenvalue weighted by Gasteiger charge is 2.48. The average molecular weight is 460 g/mol. The Kier molecular flexibility index (Phi) is 6.47. The number of hydrogen-bond acceptors (Lipinski definition) is 8. The van der Waals surface area contributed by atoms with Gasteiger partial charge in [0.1, 0.15) is 11.9 Å². The lowest BCUT2D eigenvalue weighted by Crippen LogP contribution is -2.42. The van der Waals surface area contributed by atoms with Crippen LogP contribution in [-0.2, 0) is 25.4 Å². The van der Waals surface area contributed by atoms with Crippen LogP contribution < -0.4 is 14.2 Å². The third-order valence-electron chi connectivity index (χ3n) is 6.73. The number of esters is 1. The van der Waals surface area contributed by atoms with E-state index in [0.717, 1.165) is 29.7 Å². The van der Waals surface area contributed by atoms with Crippen LogP contribution in [0, 0.1) is 0 Å². The maximum atomic E-state index is 12.6. The Labute approximate surface area is 195 Å². The SMILES string of the molecule is CC.CO/C(C)=C(\OC)C1CC2=C(C)C(=O)OC2C2c3c(cc4c(c3O1)OCO4)CCN2C. The van der Waals surface area contributed by atoms with Crippen LogP contribution in [0.2, 0.25) is 0 Å². The lowest BCUT2D eigenvalue weighted by atomic mass is 9.83. The standard InChI is InChI=1S/C23H27NO7.C2H6/c1-11-14-9-16(19(27-5)12(2)26-4)30-22-17-13(8-15-21(22)29-10-28-15)6-7-24(3)18(17)20(14)31-23(11)25;1-2/h8,16,18,20H,6-7,9-10H2,1-5H3;1-2H3/b19-12-;. The van der Waals surface area contributed by atoms with Crippen molar-refractivity contribution in [2.45, 2.75) is 58.8 Å². The average Bonchev–Trinajstić information content (AvgIpc) is 3.39. The van der Waals surface area contributed by atoms with Gasteiger partial charge in [0.25, 0.3) is 0 Å². The molecule has 0 fully saturated rings. The highest BCUT2D eigenvalue weighted by atomic mass is 16.7. The van der Waals surface area contributed by atoms with Gasteiger partial charge in [-0.3, -0.25) is 4.90 Å². The Bertz CT molecular complexity index is 1010. The molecule has 0 saturated carbocycles. The second-order valence-electron chi connectivity index (χ2n) is 8.30. The van der Waals surface area contributed by atoms with Crippen molar-refractivity contribution in [1.29, 1.82) is 0 Å². The Balaban J connectivity index is 0.00000126. The molecule has 0 amide bonds. The van der Waals surface area contributed by atoms with Crippen LogP contribution in [0.25, 0.3) is 0 Å². The fourth-order valence-corrected chi connectivity index (χ4v) is 5.04. The number of hydrogen-bond donors (Lipinski definition) is 0. The molecule has 0 spiro atoms. The van der Waals surface area contributed by atoms with E-state index in [1.54, 1.807) is 14.2 Å². The molecule has 1 aromatic rings. The molecule has 33 heavy (non-hydrogen) atoms. The zero-order valence-corrected chi connectivity index (χ0v) is 20.4. The second-order valence-corrected chi connectivity index (χ2v) is 8.30. The van der Waals surface area contributed by atoms with Crippen LogP contribution in [0.4, 0.5) is 0 Å². The van der Waals surface area contributed by atoms with E-state index in [4.69, 9.17) is 28.4 Å². The van der Waals surface area contributed by atoms with Crippen LogP contribution in [0.15, 0.2) is 28.7 Å². The largest absolute Gasteiger partial charge is 0.498 e. The Morgan fingerprint density at radius 1 is 1.12 bits per heavy atom. The van der Waals surface area contributed by atoms with Crippen LogP contribution in [-0.4, -0.2) is 57.7 Å². The number of carbonyl (C=O) groups is 1. The molecule has 3 atom stereocenters. The van der Waals surface area contributed by atoms with Crippen molar-refractivity contribution in [2.75, 3.05) is 34.6 Å². The molecule has 180 valence electrons. The summed E-state index contributed by atoms with van der Waals surface area (Å²) in [5, 5.41) is 0. The number of nitrogens with zero attached hydrogens (tertiary/aromatic N) is 1. The van der Waals surface area contributed by atoms with Crippen LogP contribution in [0.5, 0.6) is 17.2 Å². The first kappa shape index (κ1) is 23.3. The third kappa shape index (κ3) is 3.70. The minimum Gasteiger partial charge on any atom is -0.498 e. The van der Waals surface area contributed by atoms with E-state index < -0.39 is 12.2 Å². The Morgan fingerprint density at radius 3 is 2.58 bits per heavy atom. The summed E-state index contributed by atoms with van der Waals surface area (Å²) in [6, 6.07) is 1.87. The highest BCUT2D eigenvalue weighted by Crippen LogP contribution is 2.54. The van der Waals surface area contributed by atoms with Crippen molar-refractivity contribution in [3.63, 3.8) is 0 Å². The number of benzene rings is 1. The number of allylic oxidation sites excluding steroid dienone is 1. The summed E-state index contributed by atoms with van der Waals surface area (Å²) in [5.74, 6) is 2.79. The number of methoxy groups -OCH3 is 2. The number of carbonyl (C=O) groups excluding carboxylic acids is 1. The molecule has 4 aliphatic rings. The van der Waals surface area contributed by atoms with Gasteiger partial charge in [-0.05, 0) is 44.5 Å². The van der Waals surface area contributed by atoms with E-state index in [-0.39, 0.29) is 18.8 Å². The first-order valence-electron chi connectivity index (χ1n) is 11.5. The molecule has 0 N–H and O–H groups in total. The molecule has 4 heterocycles. The summed E-state index contributed by atoms with van der Waals surface area (Å²) in [6.45, 7) is 8.64. The molecule has 5 rings (SSSR count). The molecule has 0 bridgehead atoms. The molecule has 1 aromatic carbocycles. The normalized spacial score (nSPS) is 25.9. The van der Waals surface area contributed by atoms with Crippen molar-refractivity contribution in [1.82, 2.24) is 4.90 Å². The Hall–Kier alpha value is -2.87. The molecule has 0 radical (unpaired) electrons. The third-order valence-corrected chi connectivity index (χ3v) is 6.73. The number of likely N-dealkylation sites (N-methyl/N-ethyl adjacent to an activating group) is 1. The first-order chi connectivity index (χ1) is 15.9. The summed E-state index contributed by atoms with van der Waals surface area (Å²) in [7, 11) is 5.24. The van der Waals surface area contributed by atoms with E-state index in [1.807, 2.05) is 33.8 Å². The van der Waals surface area contributed by atoms with Crippen molar-refractivity contribution in [3.8, 4) is 17.2 Å². The van der Waals surface area contributed by atoms with Gasteiger partial charge in [0.15, 0.2) is 23.4 Å². The van der Waals surface area contributed by atoms with Crippen LogP contribution in [0.1, 0.15) is 51.3 Å². The monoisotopic (exact) mass is 459 g/mol. The van der Waals surface area contributed by atoms with E-state index >= 15 is 0 Å². The van der Waals surface area contributed by atoms with Gasteiger partial charge in [0, 0.05) is 24.1 Å². The van der Waals surface area contributed by atoms with Gasteiger partial charge in [-0.15, -0.1) is 0 Å². The van der Waals surface area contributed by atoms with E-state index in [1.165, 1.54) is 0 Å². The molecular formula is C25H33NO7. The second kappa shape index (κ2) is 9.17. The fraction of sp³-hybridized carbons (Fsp3) is 0.560.